The summed E-state index contributed by atoms with van der Waals surface area (Å²) >= 11 is 0. The molecule has 0 aromatic carbocycles. The first-order valence-corrected chi connectivity index (χ1v) is 6.10. The first-order valence-electron chi connectivity index (χ1n) is 6.10. The first-order chi connectivity index (χ1) is 9.09. The maximum Gasteiger partial charge on any atom is 0.317 e. The zero-order valence-electron chi connectivity index (χ0n) is 12.2. The van der Waals surface area contributed by atoms with Crippen LogP contribution in [0.5, 0.6) is 0 Å². The van der Waals surface area contributed by atoms with E-state index in [1.165, 1.54) is 26.0 Å². The largest absolute Gasteiger partial charge is 0.481 e. The van der Waals surface area contributed by atoms with Crippen LogP contribution >= 0.6 is 0 Å². The van der Waals surface area contributed by atoms with Gasteiger partial charge in [-0.1, -0.05) is 6.92 Å². The molecule has 0 spiro atoms. The van der Waals surface area contributed by atoms with Gasteiger partial charge in [0.15, 0.2) is 0 Å². The van der Waals surface area contributed by atoms with Gasteiger partial charge < -0.3 is 25.2 Å². The number of hydrogen-bond donors (Lipinski definition) is 3. The van der Waals surface area contributed by atoms with Gasteiger partial charge in [-0.3, -0.25) is 9.59 Å². The minimum atomic E-state index is -1.53. The van der Waals surface area contributed by atoms with E-state index in [2.05, 4.69) is 10.1 Å². The fourth-order valence-electron chi connectivity index (χ4n) is 1.56. The van der Waals surface area contributed by atoms with Gasteiger partial charge >= 0.3 is 18.0 Å². The molecule has 8 nitrogen and oxygen atoms in total. The van der Waals surface area contributed by atoms with Crippen LogP contribution in [0.3, 0.4) is 0 Å². The van der Waals surface area contributed by atoms with E-state index >= 15 is 0 Å². The molecule has 0 aromatic heterocycles. The molecule has 2 atom stereocenters. The molecule has 0 bridgehead atoms. The Kier molecular flexibility index (Phi) is 6.98. The second-order valence-corrected chi connectivity index (χ2v) is 5.03. The van der Waals surface area contributed by atoms with Gasteiger partial charge in [-0.25, -0.2) is 4.79 Å². The molecule has 0 aliphatic rings. The summed E-state index contributed by atoms with van der Waals surface area (Å²) in [5.74, 6) is -2.06. The van der Waals surface area contributed by atoms with Gasteiger partial charge in [0.25, 0.3) is 0 Å². The maximum absolute atomic E-state index is 11.7. The highest BCUT2D eigenvalue weighted by Gasteiger charge is 2.26. The topological polar surface area (TPSA) is 116 Å². The second-order valence-electron chi connectivity index (χ2n) is 5.03. The molecule has 20 heavy (non-hydrogen) atoms. The van der Waals surface area contributed by atoms with Crippen molar-refractivity contribution in [2.24, 2.45) is 5.92 Å². The quantitative estimate of drug-likeness (QED) is 0.552. The SMILES string of the molecule is COC(=O)C(C)CN(C)C(=O)NCC(C)(O)CC(=O)O. The number of carbonyl (C=O) groups excluding carboxylic acids is 2. The fourth-order valence-corrected chi connectivity index (χ4v) is 1.56. The number of amides is 2. The lowest BCUT2D eigenvalue weighted by atomic mass is 10.0. The van der Waals surface area contributed by atoms with Gasteiger partial charge in [0, 0.05) is 20.1 Å². The lowest BCUT2D eigenvalue weighted by Crippen LogP contribution is -2.47. The Labute approximate surface area is 117 Å². The number of hydrogen-bond acceptors (Lipinski definition) is 5. The number of methoxy groups -OCH3 is 1. The van der Waals surface area contributed by atoms with Gasteiger partial charge in [0.05, 0.1) is 25.0 Å². The Morgan fingerprint density at radius 2 is 1.95 bits per heavy atom. The summed E-state index contributed by atoms with van der Waals surface area (Å²) in [5, 5.41) is 20.7. The Morgan fingerprint density at radius 1 is 1.40 bits per heavy atom. The van der Waals surface area contributed by atoms with Crippen LogP contribution in [0.1, 0.15) is 20.3 Å². The molecular weight excluding hydrogens is 268 g/mol. The van der Waals surface area contributed by atoms with Crippen LogP contribution < -0.4 is 5.32 Å². The number of nitrogens with zero attached hydrogens (tertiary/aromatic N) is 1. The third kappa shape index (κ3) is 6.93. The van der Waals surface area contributed by atoms with Gasteiger partial charge in [0.1, 0.15) is 0 Å². The van der Waals surface area contributed by atoms with E-state index in [1.807, 2.05) is 0 Å². The van der Waals surface area contributed by atoms with Gasteiger partial charge in [0.2, 0.25) is 0 Å². The average molecular weight is 290 g/mol. The first kappa shape index (κ1) is 18.2. The van der Waals surface area contributed by atoms with E-state index in [0.717, 1.165) is 0 Å². The summed E-state index contributed by atoms with van der Waals surface area (Å²) in [7, 11) is 2.75. The zero-order chi connectivity index (χ0) is 15.9. The lowest BCUT2D eigenvalue weighted by molar-refractivity contribution is -0.145. The number of urea groups is 1. The van der Waals surface area contributed by atoms with Gasteiger partial charge in [-0.2, -0.15) is 0 Å². The third-order valence-electron chi connectivity index (χ3n) is 2.65. The van der Waals surface area contributed by atoms with Crippen molar-refractivity contribution in [1.82, 2.24) is 10.2 Å². The Bertz CT molecular complexity index is 369. The minimum Gasteiger partial charge on any atom is -0.481 e. The Balaban J connectivity index is 4.27. The standard InChI is InChI=1S/C12H22N2O6/c1-8(10(17)20-4)6-14(3)11(18)13-7-12(2,19)5-9(15)16/h8,19H,5-7H2,1-4H3,(H,13,18)(H,15,16). The number of rotatable bonds is 7. The average Bonchev–Trinajstić information content (AvgIpc) is 2.33. The summed E-state index contributed by atoms with van der Waals surface area (Å²) in [6, 6.07) is -0.508. The van der Waals surface area contributed by atoms with Crippen LogP contribution in [-0.4, -0.2) is 65.9 Å². The minimum absolute atomic E-state index is 0.152. The van der Waals surface area contributed by atoms with E-state index in [0.29, 0.717) is 0 Å². The van der Waals surface area contributed by atoms with E-state index in [9.17, 15) is 19.5 Å². The van der Waals surface area contributed by atoms with E-state index in [4.69, 9.17) is 5.11 Å². The van der Waals surface area contributed by atoms with Crippen LogP contribution in [0.15, 0.2) is 0 Å². The summed E-state index contributed by atoms with van der Waals surface area (Å²) < 4.78 is 4.55. The Hall–Kier alpha value is -1.83. The molecule has 0 radical (unpaired) electrons. The summed E-state index contributed by atoms with van der Waals surface area (Å²) in [6.45, 7) is 2.89. The molecule has 2 amide bonds. The number of aliphatic carboxylic acids is 1. The fraction of sp³-hybridized carbons (Fsp3) is 0.750. The van der Waals surface area contributed by atoms with Crippen LogP contribution in [-0.2, 0) is 14.3 Å². The molecule has 8 heteroatoms. The van der Waals surface area contributed by atoms with E-state index in [1.54, 1.807) is 6.92 Å². The number of carbonyl (C=O) groups is 3. The van der Waals surface area contributed by atoms with Crippen molar-refractivity contribution in [1.29, 1.82) is 0 Å². The van der Waals surface area contributed by atoms with Gasteiger partial charge in [-0.15, -0.1) is 0 Å². The highest BCUT2D eigenvalue weighted by Crippen LogP contribution is 2.08. The number of ether oxygens (including phenoxy) is 1. The molecule has 0 heterocycles. The highest BCUT2D eigenvalue weighted by molar-refractivity contribution is 5.76. The number of nitrogens with one attached hydrogen (secondary N) is 1. The molecule has 0 fully saturated rings. The molecule has 0 saturated heterocycles. The normalized spacial score (nSPS) is 14.8. The second kappa shape index (κ2) is 7.68. The molecule has 2 unspecified atom stereocenters. The number of carboxylic acids is 1. The number of carboxylic acid groups (broad SMARTS) is 1. The molecular formula is C12H22N2O6. The molecule has 3 N–H and O–H groups in total. The molecule has 0 saturated carbocycles. The van der Waals surface area contributed by atoms with Crippen LogP contribution in [0.2, 0.25) is 0 Å². The number of aliphatic hydroxyl groups is 1. The van der Waals surface area contributed by atoms with Gasteiger partial charge in [-0.05, 0) is 6.92 Å². The molecule has 116 valence electrons. The Morgan fingerprint density at radius 3 is 2.40 bits per heavy atom. The van der Waals surface area contributed by atoms with Crippen molar-refractivity contribution in [2.45, 2.75) is 25.9 Å². The molecule has 0 rings (SSSR count). The van der Waals surface area contributed by atoms with Crippen molar-refractivity contribution >= 4 is 18.0 Å². The predicted octanol–water partition coefficient (Wildman–Crippen LogP) is -0.337. The molecule has 0 aromatic rings. The highest BCUT2D eigenvalue weighted by atomic mass is 16.5. The molecule has 0 aliphatic carbocycles. The maximum atomic E-state index is 11.7. The van der Waals surface area contributed by atoms with Crippen molar-refractivity contribution in [3.05, 3.63) is 0 Å². The van der Waals surface area contributed by atoms with Crippen LogP contribution in [0, 0.1) is 5.92 Å². The van der Waals surface area contributed by atoms with Crippen molar-refractivity contribution in [3.63, 3.8) is 0 Å². The van der Waals surface area contributed by atoms with E-state index < -0.39 is 35.9 Å². The van der Waals surface area contributed by atoms with Crippen molar-refractivity contribution in [2.75, 3.05) is 27.2 Å². The smallest absolute Gasteiger partial charge is 0.317 e. The van der Waals surface area contributed by atoms with Crippen molar-refractivity contribution < 1.29 is 29.3 Å². The number of esters is 1. The zero-order valence-corrected chi connectivity index (χ0v) is 12.2. The van der Waals surface area contributed by atoms with Crippen LogP contribution in [0.4, 0.5) is 4.79 Å². The summed E-state index contributed by atoms with van der Waals surface area (Å²) in [4.78, 5) is 34.7. The lowest BCUT2D eigenvalue weighted by Gasteiger charge is -2.25. The summed E-state index contributed by atoms with van der Waals surface area (Å²) in [5.41, 5.74) is -1.53. The monoisotopic (exact) mass is 290 g/mol. The van der Waals surface area contributed by atoms with E-state index in [-0.39, 0.29) is 13.1 Å². The summed E-state index contributed by atoms with van der Waals surface area (Å²) in [6.07, 6.45) is -0.477. The third-order valence-corrected chi connectivity index (χ3v) is 2.65. The van der Waals surface area contributed by atoms with Crippen LogP contribution in [0.25, 0.3) is 0 Å². The predicted molar refractivity (Wildman–Crippen MR) is 70.1 cm³/mol. The van der Waals surface area contributed by atoms with Crippen molar-refractivity contribution in [3.8, 4) is 0 Å². The molecule has 0 aliphatic heterocycles.